The number of nitrogens with two attached hydrogens (primary N) is 1. The molecule has 0 aromatic heterocycles. The first-order valence-electron chi connectivity index (χ1n) is 5.22. The number of nitrogens with zero attached hydrogens (tertiary/aromatic N) is 1. The summed E-state index contributed by atoms with van der Waals surface area (Å²) in [5, 5.41) is 0. The third-order valence-electron chi connectivity index (χ3n) is 2.90. The van der Waals surface area contributed by atoms with Crippen LogP contribution in [0.4, 0.5) is 0 Å². The number of carbonyl (C=O) groups excluding carboxylic acids is 1. The Morgan fingerprint density at radius 1 is 1.54 bits per heavy atom. The van der Waals surface area contributed by atoms with Crippen LogP contribution in [-0.4, -0.2) is 29.4 Å². The van der Waals surface area contributed by atoms with Gasteiger partial charge >= 0.3 is 0 Å². The molecule has 0 aromatic carbocycles. The first kappa shape index (κ1) is 10.5. The molecule has 0 spiro atoms. The van der Waals surface area contributed by atoms with Gasteiger partial charge in [0.15, 0.2) is 0 Å². The predicted octanol–water partition coefficient (Wildman–Crippen LogP) is 1.12. The molecule has 1 amide bonds. The molecular weight excluding hydrogens is 164 g/mol. The van der Waals surface area contributed by atoms with E-state index in [9.17, 15) is 4.79 Å². The van der Waals surface area contributed by atoms with Crippen molar-refractivity contribution in [2.45, 2.75) is 51.6 Å². The maximum Gasteiger partial charge on any atom is 0.224 e. The van der Waals surface area contributed by atoms with Crippen LogP contribution in [0.5, 0.6) is 0 Å². The Morgan fingerprint density at radius 3 is 2.77 bits per heavy atom. The third-order valence-corrected chi connectivity index (χ3v) is 2.90. The van der Waals surface area contributed by atoms with Crippen molar-refractivity contribution in [1.29, 1.82) is 0 Å². The van der Waals surface area contributed by atoms with Gasteiger partial charge in [0.25, 0.3) is 0 Å². The van der Waals surface area contributed by atoms with Crippen molar-refractivity contribution in [2.75, 3.05) is 6.54 Å². The zero-order valence-electron chi connectivity index (χ0n) is 8.62. The van der Waals surface area contributed by atoms with Gasteiger partial charge in [-0.15, -0.1) is 0 Å². The highest BCUT2D eigenvalue weighted by Gasteiger charge is 2.32. The Bertz CT molecular complexity index is 182. The number of hydrogen-bond donors (Lipinski definition) is 1. The van der Waals surface area contributed by atoms with Crippen molar-refractivity contribution in [3.8, 4) is 0 Å². The molecule has 1 saturated heterocycles. The van der Waals surface area contributed by atoms with E-state index in [1.807, 2.05) is 4.90 Å². The lowest BCUT2D eigenvalue weighted by Crippen LogP contribution is -2.40. The van der Waals surface area contributed by atoms with E-state index in [0.717, 1.165) is 19.3 Å². The fourth-order valence-electron chi connectivity index (χ4n) is 2.17. The molecule has 0 aliphatic carbocycles. The van der Waals surface area contributed by atoms with Crippen molar-refractivity contribution < 1.29 is 4.79 Å². The molecule has 0 radical (unpaired) electrons. The minimum atomic E-state index is 0.236. The molecule has 2 unspecified atom stereocenters. The molecule has 1 aliphatic heterocycles. The summed E-state index contributed by atoms with van der Waals surface area (Å²) in [7, 11) is 0. The summed E-state index contributed by atoms with van der Waals surface area (Å²) >= 11 is 0. The highest BCUT2D eigenvalue weighted by molar-refractivity contribution is 5.77. The van der Waals surface area contributed by atoms with Crippen molar-refractivity contribution in [3.05, 3.63) is 0 Å². The Morgan fingerprint density at radius 2 is 2.23 bits per heavy atom. The molecule has 1 heterocycles. The molecule has 0 saturated carbocycles. The molecule has 3 nitrogen and oxygen atoms in total. The highest BCUT2D eigenvalue weighted by Crippen LogP contribution is 2.26. The molecule has 76 valence electrons. The van der Waals surface area contributed by atoms with Gasteiger partial charge in [-0.2, -0.15) is 0 Å². The largest absolute Gasteiger partial charge is 0.337 e. The molecule has 1 aliphatic rings. The fraction of sp³-hybridized carbons (Fsp3) is 0.900. The topological polar surface area (TPSA) is 46.3 Å². The van der Waals surface area contributed by atoms with Crippen LogP contribution in [0, 0.1) is 0 Å². The second-order valence-corrected chi connectivity index (χ2v) is 3.83. The Labute approximate surface area is 80.3 Å². The zero-order chi connectivity index (χ0) is 9.84. The predicted molar refractivity (Wildman–Crippen MR) is 53.3 cm³/mol. The van der Waals surface area contributed by atoms with Gasteiger partial charge in [0.2, 0.25) is 5.91 Å². The van der Waals surface area contributed by atoms with Gasteiger partial charge in [-0.25, -0.2) is 0 Å². The van der Waals surface area contributed by atoms with Crippen LogP contribution in [0.15, 0.2) is 0 Å². The normalized spacial score (nSPS) is 28.1. The van der Waals surface area contributed by atoms with E-state index >= 15 is 0 Å². The summed E-state index contributed by atoms with van der Waals surface area (Å²) in [6.07, 6.45) is 3.88. The summed E-state index contributed by atoms with van der Waals surface area (Å²) < 4.78 is 0. The first-order valence-corrected chi connectivity index (χ1v) is 5.22. The molecule has 3 heteroatoms. The van der Waals surface area contributed by atoms with Crippen LogP contribution >= 0.6 is 0 Å². The average Bonchev–Trinajstić information content (AvgIpc) is 2.47. The Kier molecular flexibility index (Phi) is 3.72. The zero-order valence-corrected chi connectivity index (χ0v) is 8.62. The van der Waals surface area contributed by atoms with Gasteiger partial charge < -0.3 is 10.6 Å². The van der Waals surface area contributed by atoms with E-state index < -0.39 is 0 Å². The molecule has 2 atom stereocenters. The van der Waals surface area contributed by atoms with E-state index in [2.05, 4.69) is 13.8 Å². The van der Waals surface area contributed by atoms with Crippen molar-refractivity contribution in [3.63, 3.8) is 0 Å². The quantitative estimate of drug-likeness (QED) is 0.714. The maximum atomic E-state index is 11.7. The number of amides is 1. The fourth-order valence-corrected chi connectivity index (χ4v) is 2.17. The lowest BCUT2D eigenvalue weighted by atomic mass is 10.1. The summed E-state index contributed by atoms with van der Waals surface area (Å²) in [6, 6.07) is 0.887. The molecule has 1 fully saturated rings. The van der Waals surface area contributed by atoms with Gasteiger partial charge in [0, 0.05) is 25.0 Å². The summed E-state index contributed by atoms with van der Waals surface area (Å²) in [4.78, 5) is 13.7. The maximum absolute atomic E-state index is 11.7. The van der Waals surface area contributed by atoms with Crippen LogP contribution in [0.25, 0.3) is 0 Å². The van der Waals surface area contributed by atoms with Crippen molar-refractivity contribution in [2.24, 2.45) is 5.73 Å². The molecule has 1 rings (SSSR count). The van der Waals surface area contributed by atoms with Crippen LogP contribution in [0.3, 0.4) is 0 Å². The molecule has 0 aromatic rings. The Hall–Kier alpha value is -0.570. The lowest BCUT2D eigenvalue weighted by molar-refractivity contribution is -0.133. The van der Waals surface area contributed by atoms with Crippen LogP contribution in [-0.2, 0) is 4.79 Å². The van der Waals surface area contributed by atoms with Gasteiger partial charge in [0.05, 0.1) is 0 Å². The van der Waals surface area contributed by atoms with Crippen molar-refractivity contribution >= 4 is 5.91 Å². The second kappa shape index (κ2) is 4.61. The first-order chi connectivity index (χ1) is 6.20. The minimum absolute atomic E-state index is 0.236. The van der Waals surface area contributed by atoms with E-state index in [-0.39, 0.29) is 5.91 Å². The molecule has 2 N–H and O–H groups in total. The Balaban J connectivity index is 2.58. The monoisotopic (exact) mass is 184 g/mol. The summed E-state index contributed by atoms with van der Waals surface area (Å²) in [6.45, 7) is 4.74. The van der Waals surface area contributed by atoms with E-state index in [1.165, 1.54) is 0 Å². The lowest BCUT2D eigenvalue weighted by Gasteiger charge is -2.27. The molecular formula is C10H20N2O. The number of likely N-dealkylation sites (tertiary alicyclic amines) is 1. The number of hydrogen-bond acceptors (Lipinski definition) is 2. The minimum Gasteiger partial charge on any atom is -0.337 e. The van der Waals surface area contributed by atoms with E-state index in [0.29, 0.717) is 25.0 Å². The average molecular weight is 184 g/mol. The molecule has 13 heavy (non-hydrogen) atoms. The highest BCUT2D eigenvalue weighted by atomic mass is 16.2. The summed E-state index contributed by atoms with van der Waals surface area (Å²) in [5.41, 5.74) is 5.38. The molecule has 0 bridgehead atoms. The second-order valence-electron chi connectivity index (χ2n) is 3.83. The van der Waals surface area contributed by atoms with E-state index in [4.69, 9.17) is 5.73 Å². The van der Waals surface area contributed by atoms with Gasteiger partial charge in [-0.05, 0) is 26.2 Å². The number of carbonyl (C=O) groups is 1. The van der Waals surface area contributed by atoms with Crippen LogP contribution in [0.2, 0.25) is 0 Å². The third kappa shape index (κ3) is 2.21. The smallest absolute Gasteiger partial charge is 0.224 e. The van der Waals surface area contributed by atoms with Crippen molar-refractivity contribution in [1.82, 2.24) is 4.90 Å². The van der Waals surface area contributed by atoms with Gasteiger partial charge in [0.1, 0.15) is 0 Å². The van der Waals surface area contributed by atoms with E-state index in [1.54, 1.807) is 0 Å². The van der Waals surface area contributed by atoms with Crippen LogP contribution in [0.1, 0.15) is 39.5 Å². The van der Waals surface area contributed by atoms with Crippen LogP contribution < -0.4 is 5.73 Å². The number of rotatable bonds is 3. The summed E-state index contributed by atoms with van der Waals surface area (Å²) in [5.74, 6) is 0.236. The standard InChI is InChI=1S/C10H20N2O/c1-3-9-5-4-8(2)12(9)10(13)6-7-11/h8-9H,3-7,11H2,1-2H3. The van der Waals surface area contributed by atoms with Gasteiger partial charge in [-0.1, -0.05) is 6.92 Å². The van der Waals surface area contributed by atoms with Gasteiger partial charge in [-0.3, -0.25) is 4.79 Å². The SMILES string of the molecule is CCC1CCC(C)N1C(=O)CCN.